The van der Waals surface area contributed by atoms with Crippen molar-refractivity contribution in [2.24, 2.45) is 28.1 Å². The first-order chi connectivity index (χ1) is 15.4. The molecule has 0 N–H and O–H groups in total. The van der Waals surface area contributed by atoms with Crippen molar-refractivity contribution in [2.75, 3.05) is 7.11 Å². The Morgan fingerprint density at radius 3 is 2.61 bits per heavy atom. The Balaban J connectivity index is 1.77. The van der Waals surface area contributed by atoms with Gasteiger partial charge in [-0.3, -0.25) is 9.59 Å². The van der Waals surface area contributed by atoms with Gasteiger partial charge in [-0.2, -0.15) is 0 Å². The molecular formula is C27H32O6. The summed E-state index contributed by atoms with van der Waals surface area (Å²) in [5, 5.41) is 0. The summed E-state index contributed by atoms with van der Waals surface area (Å²) in [6, 6.07) is 1.81. The van der Waals surface area contributed by atoms with E-state index in [1.165, 1.54) is 13.2 Å². The molecule has 0 aromatic carbocycles. The lowest BCUT2D eigenvalue weighted by molar-refractivity contribution is -0.153. The van der Waals surface area contributed by atoms with Crippen LogP contribution in [-0.4, -0.2) is 24.8 Å². The minimum atomic E-state index is -0.863. The standard InChI is InChI=1S/C27H32O6/c1-16-18(27(5)20(14-22(29)31-6)25(2,3)10-8-21(27)28)7-11-26(4)19(16)13-23(30)33-24(26)17-9-12-32-15-17/h8-10,12-13,15,18,20,24H,1,7,11,14H2,2-6H3/t18-,20-,24-,26+,27-/m0/s1. The molecular weight excluding hydrogens is 420 g/mol. The highest BCUT2D eigenvalue weighted by molar-refractivity contribution is 5.97. The number of methoxy groups -OCH3 is 1. The average Bonchev–Trinajstić information content (AvgIpc) is 3.29. The normalized spacial score (nSPS) is 35.5. The average molecular weight is 453 g/mol. The number of rotatable bonds is 4. The molecule has 1 aromatic rings. The molecule has 0 bridgehead atoms. The third-order valence-electron chi connectivity index (χ3n) is 8.39. The maximum absolute atomic E-state index is 13.5. The molecule has 6 nitrogen and oxygen atoms in total. The van der Waals surface area contributed by atoms with E-state index in [1.807, 2.05) is 32.9 Å². The van der Waals surface area contributed by atoms with Gasteiger partial charge in [-0.1, -0.05) is 40.3 Å². The first kappa shape index (κ1) is 23.3. The molecule has 4 rings (SSSR count). The van der Waals surface area contributed by atoms with E-state index in [0.29, 0.717) is 12.8 Å². The molecule has 1 saturated carbocycles. The molecule has 0 saturated heterocycles. The second kappa shape index (κ2) is 7.86. The van der Waals surface area contributed by atoms with Crippen LogP contribution < -0.4 is 0 Å². The molecule has 1 fully saturated rings. The smallest absolute Gasteiger partial charge is 0.331 e. The number of hydrogen-bond donors (Lipinski definition) is 0. The van der Waals surface area contributed by atoms with Crippen LogP contribution in [0.2, 0.25) is 0 Å². The zero-order chi connectivity index (χ0) is 24.2. The fourth-order valence-corrected chi connectivity index (χ4v) is 6.43. The highest BCUT2D eigenvalue weighted by Gasteiger charge is 2.59. The molecule has 3 aliphatic rings. The zero-order valence-corrected chi connectivity index (χ0v) is 20.0. The lowest BCUT2D eigenvalue weighted by atomic mass is 9.48. The van der Waals surface area contributed by atoms with Gasteiger partial charge < -0.3 is 13.9 Å². The number of ether oxygens (including phenoxy) is 2. The molecule has 0 amide bonds. The van der Waals surface area contributed by atoms with E-state index in [2.05, 4.69) is 13.5 Å². The van der Waals surface area contributed by atoms with Crippen LogP contribution in [0.3, 0.4) is 0 Å². The lowest BCUT2D eigenvalue weighted by Gasteiger charge is -2.55. The van der Waals surface area contributed by atoms with Crippen LogP contribution >= 0.6 is 0 Å². The SMILES string of the molecule is C=C1C2=CC(=O)O[C@@H](c3ccoc3)[C@]2(C)CC[C@@H]1[C@]1(C)C(=O)C=CC(C)(C)[C@@H]1CC(=O)OC. The number of cyclic esters (lactones) is 1. The minimum Gasteiger partial charge on any atom is -0.472 e. The van der Waals surface area contributed by atoms with Gasteiger partial charge in [0.05, 0.1) is 26.1 Å². The summed E-state index contributed by atoms with van der Waals surface area (Å²) < 4.78 is 16.0. The molecule has 33 heavy (non-hydrogen) atoms. The summed E-state index contributed by atoms with van der Waals surface area (Å²) in [6.45, 7) is 12.5. The monoisotopic (exact) mass is 452 g/mol. The quantitative estimate of drug-likeness (QED) is 0.589. The van der Waals surface area contributed by atoms with Crippen molar-refractivity contribution in [3.63, 3.8) is 0 Å². The number of hydrogen-bond acceptors (Lipinski definition) is 6. The third kappa shape index (κ3) is 3.51. The number of ketones is 1. The van der Waals surface area contributed by atoms with E-state index in [1.54, 1.807) is 18.6 Å². The van der Waals surface area contributed by atoms with E-state index >= 15 is 0 Å². The summed E-state index contributed by atoms with van der Waals surface area (Å²) in [4.78, 5) is 38.4. The highest BCUT2D eigenvalue weighted by atomic mass is 16.5. The first-order valence-electron chi connectivity index (χ1n) is 11.4. The number of allylic oxidation sites excluding steroid dienone is 3. The zero-order valence-electron chi connectivity index (χ0n) is 20.0. The molecule has 6 heteroatoms. The van der Waals surface area contributed by atoms with Crippen molar-refractivity contribution in [2.45, 2.75) is 53.1 Å². The second-order valence-corrected chi connectivity index (χ2v) is 10.6. The van der Waals surface area contributed by atoms with Crippen LogP contribution in [0.5, 0.6) is 0 Å². The summed E-state index contributed by atoms with van der Waals surface area (Å²) in [5.41, 5.74) is 0.651. The highest BCUT2D eigenvalue weighted by Crippen LogP contribution is 2.62. The van der Waals surface area contributed by atoms with E-state index in [4.69, 9.17) is 13.9 Å². The molecule has 5 atom stereocenters. The number of furan rings is 1. The van der Waals surface area contributed by atoms with E-state index in [0.717, 1.165) is 16.7 Å². The van der Waals surface area contributed by atoms with Crippen molar-refractivity contribution in [1.82, 2.24) is 0 Å². The van der Waals surface area contributed by atoms with Crippen molar-refractivity contribution in [3.05, 3.63) is 60.1 Å². The molecule has 2 heterocycles. The predicted molar refractivity (Wildman–Crippen MR) is 122 cm³/mol. The minimum absolute atomic E-state index is 0.0177. The molecule has 0 spiro atoms. The number of fused-ring (bicyclic) bond motifs is 1. The van der Waals surface area contributed by atoms with Gasteiger partial charge in [0.1, 0.15) is 6.10 Å². The Hall–Kier alpha value is -2.89. The van der Waals surface area contributed by atoms with Gasteiger partial charge in [-0.15, -0.1) is 0 Å². The largest absolute Gasteiger partial charge is 0.472 e. The van der Waals surface area contributed by atoms with Crippen molar-refractivity contribution < 1.29 is 28.3 Å². The Morgan fingerprint density at radius 2 is 1.97 bits per heavy atom. The van der Waals surface area contributed by atoms with Crippen LogP contribution in [0.25, 0.3) is 0 Å². The maximum Gasteiger partial charge on any atom is 0.331 e. The van der Waals surface area contributed by atoms with Gasteiger partial charge in [0.15, 0.2) is 5.78 Å². The Bertz CT molecular complexity index is 1060. The number of esters is 2. The fraction of sp³-hybridized carbons (Fsp3) is 0.519. The van der Waals surface area contributed by atoms with Crippen LogP contribution in [0.4, 0.5) is 0 Å². The van der Waals surface area contributed by atoms with Gasteiger partial charge in [-0.05, 0) is 53.4 Å². The first-order valence-corrected chi connectivity index (χ1v) is 11.4. The molecule has 1 aliphatic heterocycles. The van der Waals surface area contributed by atoms with Crippen molar-refractivity contribution in [1.29, 1.82) is 0 Å². The van der Waals surface area contributed by atoms with Gasteiger partial charge in [0.2, 0.25) is 0 Å². The summed E-state index contributed by atoms with van der Waals surface area (Å²) in [6.07, 6.45) is 9.27. The molecule has 0 radical (unpaired) electrons. The summed E-state index contributed by atoms with van der Waals surface area (Å²) in [7, 11) is 1.37. The molecule has 176 valence electrons. The predicted octanol–water partition coefficient (Wildman–Crippen LogP) is 5.13. The number of carbonyl (C=O) groups is 3. The molecule has 2 aliphatic carbocycles. The van der Waals surface area contributed by atoms with Crippen LogP contribution in [0, 0.1) is 28.1 Å². The van der Waals surface area contributed by atoms with Gasteiger partial charge >= 0.3 is 11.9 Å². The Morgan fingerprint density at radius 1 is 1.24 bits per heavy atom. The lowest BCUT2D eigenvalue weighted by Crippen LogP contribution is -2.53. The topological polar surface area (TPSA) is 82.8 Å². The van der Waals surface area contributed by atoms with E-state index < -0.39 is 28.3 Å². The molecule has 1 aromatic heterocycles. The molecule has 0 unspecified atom stereocenters. The van der Waals surface area contributed by atoms with E-state index in [-0.39, 0.29) is 30.0 Å². The Labute approximate surface area is 194 Å². The van der Waals surface area contributed by atoms with Crippen LogP contribution in [0.15, 0.2) is 59.0 Å². The number of carbonyl (C=O) groups excluding carboxylic acids is 3. The maximum atomic E-state index is 13.5. The van der Waals surface area contributed by atoms with Gasteiger partial charge in [0, 0.05) is 22.5 Å². The van der Waals surface area contributed by atoms with Crippen molar-refractivity contribution >= 4 is 17.7 Å². The van der Waals surface area contributed by atoms with Gasteiger partial charge in [-0.25, -0.2) is 4.79 Å². The Kier molecular flexibility index (Phi) is 5.54. The fourth-order valence-electron chi connectivity index (χ4n) is 6.43. The third-order valence-corrected chi connectivity index (χ3v) is 8.39. The summed E-state index contributed by atoms with van der Waals surface area (Å²) in [5.74, 6) is -1.28. The van der Waals surface area contributed by atoms with Crippen LogP contribution in [-0.2, 0) is 23.9 Å². The van der Waals surface area contributed by atoms with E-state index in [9.17, 15) is 14.4 Å². The second-order valence-electron chi connectivity index (χ2n) is 10.6. The summed E-state index contributed by atoms with van der Waals surface area (Å²) >= 11 is 0. The van der Waals surface area contributed by atoms with Gasteiger partial charge in [0.25, 0.3) is 0 Å². The van der Waals surface area contributed by atoms with Crippen molar-refractivity contribution in [3.8, 4) is 0 Å². The van der Waals surface area contributed by atoms with Crippen LogP contribution in [0.1, 0.15) is 58.6 Å².